The Labute approximate surface area is 127 Å². The number of aryl methyl sites for hydroxylation is 3. The number of benzene rings is 2. The largest absolute Gasteiger partial charge is 0.309 e. The van der Waals surface area contributed by atoms with Crippen molar-refractivity contribution in [2.24, 2.45) is 0 Å². The Hall–Kier alpha value is -1.67. The summed E-state index contributed by atoms with van der Waals surface area (Å²) < 4.78 is 14.3. The summed E-state index contributed by atoms with van der Waals surface area (Å²) in [6.45, 7) is 10.5. The van der Waals surface area contributed by atoms with Crippen LogP contribution in [0, 0.1) is 40.4 Å². The van der Waals surface area contributed by atoms with Gasteiger partial charge in [0.1, 0.15) is 5.82 Å². The van der Waals surface area contributed by atoms with Crippen molar-refractivity contribution in [3.05, 3.63) is 69.0 Å². The molecule has 0 aliphatic carbocycles. The van der Waals surface area contributed by atoms with Gasteiger partial charge in [0.2, 0.25) is 0 Å². The lowest BCUT2D eigenvalue weighted by Gasteiger charge is -2.25. The molecule has 21 heavy (non-hydrogen) atoms. The third-order valence-corrected chi connectivity index (χ3v) is 4.46. The van der Waals surface area contributed by atoms with Crippen molar-refractivity contribution in [2.75, 3.05) is 7.05 Å². The van der Waals surface area contributed by atoms with Gasteiger partial charge in [0.05, 0.1) is 6.04 Å². The highest BCUT2D eigenvalue weighted by Crippen LogP contribution is 2.32. The minimum Gasteiger partial charge on any atom is -0.309 e. The molecule has 0 bridgehead atoms. The predicted molar refractivity (Wildman–Crippen MR) is 87.4 cm³/mol. The van der Waals surface area contributed by atoms with Crippen molar-refractivity contribution in [1.29, 1.82) is 0 Å². The number of nitrogens with one attached hydrogen (secondary N) is 1. The third-order valence-electron chi connectivity index (χ3n) is 4.46. The molecule has 0 aromatic heterocycles. The number of rotatable bonds is 3. The van der Waals surface area contributed by atoms with Gasteiger partial charge in [-0.2, -0.15) is 0 Å². The zero-order valence-corrected chi connectivity index (χ0v) is 13.8. The summed E-state index contributed by atoms with van der Waals surface area (Å²) >= 11 is 0. The summed E-state index contributed by atoms with van der Waals surface area (Å²) in [6, 6.07) is 7.39. The van der Waals surface area contributed by atoms with E-state index in [4.69, 9.17) is 0 Å². The summed E-state index contributed by atoms with van der Waals surface area (Å²) in [5.41, 5.74) is 7.96. The molecule has 2 heteroatoms. The van der Waals surface area contributed by atoms with E-state index in [1.807, 2.05) is 26.1 Å². The van der Waals surface area contributed by atoms with Crippen LogP contribution in [0.5, 0.6) is 0 Å². The van der Waals surface area contributed by atoms with Crippen molar-refractivity contribution in [1.82, 2.24) is 5.32 Å². The Morgan fingerprint density at radius 3 is 2.00 bits per heavy atom. The van der Waals surface area contributed by atoms with E-state index in [1.54, 1.807) is 6.07 Å². The molecular formula is C19H24FN. The van der Waals surface area contributed by atoms with E-state index >= 15 is 0 Å². The topological polar surface area (TPSA) is 12.0 Å². The average Bonchev–Trinajstić information content (AvgIpc) is 2.44. The zero-order valence-electron chi connectivity index (χ0n) is 13.8. The Kier molecular flexibility index (Phi) is 4.48. The second-order valence-corrected chi connectivity index (χ2v) is 5.92. The van der Waals surface area contributed by atoms with Gasteiger partial charge < -0.3 is 5.32 Å². The van der Waals surface area contributed by atoms with E-state index in [9.17, 15) is 4.39 Å². The maximum absolute atomic E-state index is 14.3. The van der Waals surface area contributed by atoms with Crippen LogP contribution in [0.2, 0.25) is 0 Å². The van der Waals surface area contributed by atoms with Crippen LogP contribution in [0.3, 0.4) is 0 Å². The first kappa shape index (κ1) is 15.7. The average molecular weight is 285 g/mol. The van der Waals surface area contributed by atoms with Crippen molar-refractivity contribution in [3.63, 3.8) is 0 Å². The highest BCUT2D eigenvalue weighted by molar-refractivity contribution is 5.49. The molecule has 1 unspecified atom stereocenters. The molecule has 0 saturated heterocycles. The van der Waals surface area contributed by atoms with E-state index in [1.165, 1.54) is 27.8 Å². The van der Waals surface area contributed by atoms with Gasteiger partial charge in [-0.15, -0.1) is 0 Å². The van der Waals surface area contributed by atoms with E-state index in [2.05, 4.69) is 39.1 Å². The van der Waals surface area contributed by atoms with Gasteiger partial charge in [-0.1, -0.05) is 23.8 Å². The smallest absolute Gasteiger partial charge is 0.128 e. The fourth-order valence-corrected chi connectivity index (χ4v) is 3.02. The van der Waals surface area contributed by atoms with Crippen LogP contribution in [-0.4, -0.2) is 7.05 Å². The second-order valence-electron chi connectivity index (χ2n) is 5.92. The molecule has 2 aromatic rings. The fraction of sp³-hybridized carbons (Fsp3) is 0.368. The van der Waals surface area contributed by atoms with E-state index < -0.39 is 0 Å². The Balaban J connectivity index is 2.70. The Morgan fingerprint density at radius 1 is 0.905 bits per heavy atom. The number of hydrogen-bond acceptors (Lipinski definition) is 1. The van der Waals surface area contributed by atoms with E-state index in [-0.39, 0.29) is 11.9 Å². The molecule has 2 rings (SSSR count). The van der Waals surface area contributed by atoms with Crippen molar-refractivity contribution < 1.29 is 4.39 Å². The highest BCUT2D eigenvalue weighted by Gasteiger charge is 2.21. The van der Waals surface area contributed by atoms with Gasteiger partial charge in [-0.05, 0) is 75.5 Å². The van der Waals surface area contributed by atoms with Crippen molar-refractivity contribution in [2.45, 2.75) is 40.7 Å². The molecule has 1 atom stereocenters. The maximum atomic E-state index is 14.3. The number of halogens is 1. The molecule has 112 valence electrons. The normalized spacial score (nSPS) is 12.5. The van der Waals surface area contributed by atoms with Gasteiger partial charge in [-0.3, -0.25) is 0 Å². The van der Waals surface area contributed by atoms with Crippen LogP contribution in [-0.2, 0) is 0 Å². The van der Waals surface area contributed by atoms with E-state index in [0.717, 1.165) is 5.56 Å². The summed E-state index contributed by atoms with van der Waals surface area (Å²) in [4.78, 5) is 0. The van der Waals surface area contributed by atoms with Crippen LogP contribution < -0.4 is 5.32 Å². The minimum atomic E-state index is -0.155. The fourth-order valence-electron chi connectivity index (χ4n) is 3.02. The summed E-state index contributed by atoms with van der Waals surface area (Å²) in [5.74, 6) is -0.155. The molecule has 2 aromatic carbocycles. The van der Waals surface area contributed by atoms with Crippen molar-refractivity contribution in [3.8, 4) is 0 Å². The SMILES string of the molecule is CNC(c1cc(C)ccc1F)c1c(C)c(C)cc(C)c1C. The van der Waals surface area contributed by atoms with Crippen LogP contribution >= 0.6 is 0 Å². The highest BCUT2D eigenvalue weighted by atomic mass is 19.1. The number of hydrogen-bond donors (Lipinski definition) is 1. The van der Waals surface area contributed by atoms with Crippen LogP contribution in [0.1, 0.15) is 45.0 Å². The second kappa shape index (κ2) is 5.98. The molecule has 0 aliphatic rings. The molecule has 0 spiro atoms. The molecule has 1 nitrogen and oxygen atoms in total. The monoisotopic (exact) mass is 285 g/mol. The summed E-state index contributed by atoms with van der Waals surface area (Å²) in [5, 5.41) is 3.30. The lowest BCUT2D eigenvalue weighted by atomic mass is 9.86. The minimum absolute atomic E-state index is 0.122. The summed E-state index contributed by atoms with van der Waals surface area (Å²) in [6.07, 6.45) is 0. The quantitative estimate of drug-likeness (QED) is 0.863. The lowest BCUT2D eigenvalue weighted by molar-refractivity contribution is 0.573. The van der Waals surface area contributed by atoms with Crippen LogP contribution in [0.4, 0.5) is 4.39 Å². The Morgan fingerprint density at radius 2 is 1.48 bits per heavy atom. The predicted octanol–water partition coefficient (Wildman–Crippen LogP) is 4.68. The first-order chi connectivity index (χ1) is 9.86. The molecule has 0 radical (unpaired) electrons. The van der Waals surface area contributed by atoms with Gasteiger partial charge in [0.15, 0.2) is 0 Å². The Bertz CT molecular complexity index is 648. The zero-order chi connectivity index (χ0) is 15.7. The van der Waals surface area contributed by atoms with Crippen molar-refractivity contribution >= 4 is 0 Å². The molecule has 1 N–H and O–H groups in total. The molecular weight excluding hydrogens is 261 g/mol. The molecule has 0 fully saturated rings. The molecule has 0 amide bonds. The van der Waals surface area contributed by atoms with Gasteiger partial charge in [0.25, 0.3) is 0 Å². The first-order valence-electron chi connectivity index (χ1n) is 7.37. The lowest BCUT2D eigenvalue weighted by Crippen LogP contribution is -2.22. The molecule has 0 aliphatic heterocycles. The van der Waals surface area contributed by atoms with Gasteiger partial charge in [0, 0.05) is 5.56 Å². The maximum Gasteiger partial charge on any atom is 0.128 e. The standard InChI is InChI=1S/C19H24FN/c1-11-7-8-17(20)16(9-11)19(21-6)18-14(4)12(2)10-13(3)15(18)5/h7-10,19,21H,1-6H3. The van der Waals surface area contributed by atoms with Gasteiger partial charge >= 0.3 is 0 Å². The molecule has 0 heterocycles. The first-order valence-corrected chi connectivity index (χ1v) is 7.37. The molecule has 0 saturated carbocycles. The third kappa shape index (κ3) is 2.86. The van der Waals surface area contributed by atoms with Crippen LogP contribution in [0.15, 0.2) is 24.3 Å². The van der Waals surface area contributed by atoms with Gasteiger partial charge in [-0.25, -0.2) is 4.39 Å². The van der Waals surface area contributed by atoms with Crippen LogP contribution in [0.25, 0.3) is 0 Å². The van der Waals surface area contributed by atoms with E-state index in [0.29, 0.717) is 5.56 Å². The summed E-state index contributed by atoms with van der Waals surface area (Å²) in [7, 11) is 1.89.